The van der Waals surface area contributed by atoms with Gasteiger partial charge in [0.1, 0.15) is 5.54 Å². The van der Waals surface area contributed by atoms with E-state index >= 15 is 0 Å². The molecule has 2 unspecified atom stereocenters. The number of hydrogen-bond acceptors (Lipinski definition) is 4. The molecule has 0 amide bonds. The number of sulfone groups is 1. The fourth-order valence-corrected chi connectivity index (χ4v) is 4.48. The molecule has 6 heteroatoms. The summed E-state index contributed by atoms with van der Waals surface area (Å²) in [6.45, 7) is 2.81. The van der Waals surface area contributed by atoms with Gasteiger partial charge in [-0.15, -0.1) is 0 Å². The predicted octanol–water partition coefficient (Wildman–Crippen LogP) is 0.750. The summed E-state index contributed by atoms with van der Waals surface area (Å²) in [7, 11) is -2.95. The van der Waals surface area contributed by atoms with E-state index in [1.54, 1.807) is 0 Å². The molecule has 0 bridgehead atoms. The van der Waals surface area contributed by atoms with Crippen LogP contribution in [0.3, 0.4) is 0 Å². The van der Waals surface area contributed by atoms with E-state index in [2.05, 4.69) is 6.92 Å². The lowest BCUT2D eigenvalue weighted by atomic mass is 9.75. The van der Waals surface area contributed by atoms with E-state index in [4.69, 9.17) is 0 Å². The van der Waals surface area contributed by atoms with Gasteiger partial charge in [-0.1, -0.05) is 19.8 Å². The summed E-state index contributed by atoms with van der Waals surface area (Å²) in [6, 6.07) is 0. The number of hydrogen-bond donors (Lipinski definition) is 1. The van der Waals surface area contributed by atoms with Crippen molar-refractivity contribution in [1.29, 1.82) is 0 Å². The summed E-state index contributed by atoms with van der Waals surface area (Å²) in [5, 5.41) is 9.60. The quantitative estimate of drug-likeness (QED) is 0.805. The lowest BCUT2D eigenvalue weighted by Crippen LogP contribution is -2.60. The molecule has 2 atom stereocenters. The third-order valence-corrected chi connectivity index (χ3v) is 5.93. The van der Waals surface area contributed by atoms with Crippen molar-refractivity contribution in [3.63, 3.8) is 0 Å². The van der Waals surface area contributed by atoms with Gasteiger partial charge in [-0.05, 0) is 18.8 Å². The van der Waals surface area contributed by atoms with Gasteiger partial charge in [0, 0.05) is 13.1 Å². The van der Waals surface area contributed by atoms with Gasteiger partial charge in [-0.25, -0.2) is 8.42 Å². The molecule has 0 spiro atoms. The van der Waals surface area contributed by atoms with Crippen molar-refractivity contribution in [3.8, 4) is 0 Å². The Labute approximate surface area is 108 Å². The van der Waals surface area contributed by atoms with Crippen LogP contribution in [0.4, 0.5) is 0 Å². The zero-order valence-corrected chi connectivity index (χ0v) is 11.6. The minimum Gasteiger partial charge on any atom is -0.480 e. The van der Waals surface area contributed by atoms with Crippen molar-refractivity contribution >= 4 is 15.8 Å². The van der Waals surface area contributed by atoms with Crippen LogP contribution in [0.25, 0.3) is 0 Å². The summed E-state index contributed by atoms with van der Waals surface area (Å²) in [5.41, 5.74) is -0.826. The van der Waals surface area contributed by atoms with Gasteiger partial charge in [-0.3, -0.25) is 9.69 Å². The van der Waals surface area contributed by atoms with Crippen LogP contribution in [0, 0.1) is 5.92 Å². The summed E-state index contributed by atoms with van der Waals surface area (Å²) in [6.07, 6.45) is 3.27. The summed E-state index contributed by atoms with van der Waals surface area (Å²) in [4.78, 5) is 13.6. The average Bonchev–Trinajstić information content (AvgIpc) is 2.28. The molecule has 18 heavy (non-hydrogen) atoms. The summed E-state index contributed by atoms with van der Waals surface area (Å²) < 4.78 is 22.9. The van der Waals surface area contributed by atoms with Gasteiger partial charge >= 0.3 is 5.97 Å². The molecular formula is C12H21NO4S. The van der Waals surface area contributed by atoms with Crippen molar-refractivity contribution in [2.45, 2.75) is 38.1 Å². The second-order valence-electron chi connectivity index (χ2n) is 5.68. The number of aliphatic carboxylic acids is 1. The van der Waals surface area contributed by atoms with Gasteiger partial charge < -0.3 is 5.11 Å². The Balaban J connectivity index is 2.18. The SMILES string of the molecule is CC1CCCC(C(=O)O)(N2CCS(=O)(=O)CC2)C1. The van der Waals surface area contributed by atoms with Crippen LogP contribution < -0.4 is 0 Å². The maximum Gasteiger partial charge on any atom is 0.324 e. The second kappa shape index (κ2) is 4.81. The number of rotatable bonds is 2. The average molecular weight is 275 g/mol. The lowest BCUT2D eigenvalue weighted by Gasteiger charge is -2.46. The Morgan fingerprint density at radius 3 is 2.44 bits per heavy atom. The van der Waals surface area contributed by atoms with E-state index in [9.17, 15) is 18.3 Å². The van der Waals surface area contributed by atoms with Crippen molar-refractivity contribution in [1.82, 2.24) is 4.90 Å². The molecule has 2 aliphatic rings. The second-order valence-corrected chi connectivity index (χ2v) is 7.98. The fourth-order valence-electron chi connectivity index (χ4n) is 3.28. The first-order valence-corrected chi connectivity index (χ1v) is 8.37. The number of carbonyl (C=O) groups is 1. The van der Waals surface area contributed by atoms with Crippen LogP contribution in [0.2, 0.25) is 0 Å². The van der Waals surface area contributed by atoms with Gasteiger partial charge in [0.15, 0.2) is 9.84 Å². The molecule has 2 rings (SSSR count). The highest BCUT2D eigenvalue weighted by atomic mass is 32.2. The summed E-state index contributed by atoms with van der Waals surface area (Å²) in [5.74, 6) is -0.200. The minimum atomic E-state index is -2.95. The number of carboxylic acids is 1. The highest BCUT2D eigenvalue weighted by Gasteiger charge is 2.47. The Morgan fingerprint density at radius 1 is 1.33 bits per heavy atom. The topological polar surface area (TPSA) is 74.7 Å². The zero-order chi connectivity index (χ0) is 13.4. The van der Waals surface area contributed by atoms with Crippen LogP contribution in [0.15, 0.2) is 0 Å². The monoisotopic (exact) mass is 275 g/mol. The molecule has 1 N–H and O–H groups in total. The number of carboxylic acid groups (broad SMARTS) is 1. The van der Waals surface area contributed by atoms with Crippen molar-refractivity contribution in [3.05, 3.63) is 0 Å². The van der Waals surface area contributed by atoms with Crippen LogP contribution >= 0.6 is 0 Å². The van der Waals surface area contributed by atoms with E-state index in [0.29, 0.717) is 31.8 Å². The highest BCUT2D eigenvalue weighted by molar-refractivity contribution is 7.91. The van der Waals surface area contributed by atoms with E-state index in [0.717, 1.165) is 12.8 Å². The van der Waals surface area contributed by atoms with Crippen LogP contribution in [0.5, 0.6) is 0 Å². The Morgan fingerprint density at radius 2 is 1.94 bits per heavy atom. The maximum absolute atomic E-state index is 11.7. The van der Waals surface area contributed by atoms with Gasteiger partial charge in [-0.2, -0.15) is 0 Å². The highest BCUT2D eigenvalue weighted by Crippen LogP contribution is 2.37. The molecule has 104 valence electrons. The molecule has 0 aromatic carbocycles. The van der Waals surface area contributed by atoms with E-state index in [-0.39, 0.29) is 11.5 Å². The largest absolute Gasteiger partial charge is 0.480 e. The lowest BCUT2D eigenvalue weighted by molar-refractivity contribution is -0.155. The predicted molar refractivity (Wildman–Crippen MR) is 68.2 cm³/mol. The van der Waals surface area contributed by atoms with Crippen molar-refractivity contribution in [2.24, 2.45) is 5.92 Å². The standard InChI is InChI=1S/C12H21NO4S/c1-10-3-2-4-12(9-10,11(14)15)13-5-7-18(16,17)8-6-13/h10H,2-9H2,1H3,(H,14,15). The molecule has 1 saturated heterocycles. The first-order chi connectivity index (χ1) is 8.36. The molecule has 0 radical (unpaired) electrons. The molecule has 1 aliphatic carbocycles. The van der Waals surface area contributed by atoms with E-state index in [1.807, 2.05) is 4.90 Å². The Hall–Kier alpha value is -0.620. The van der Waals surface area contributed by atoms with Gasteiger partial charge in [0.25, 0.3) is 0 Å². The van der Waals surface area contributed by atoms with Crippen molar-refractivity contribution in [2.75, 3.05) is 24.6 Å². The third-order valence-electron chi connectivity index (χ3n) is 4.32. The molecule has 0 aromatic rings. The normalized spacial score (nSPS) is 37.3. The van der Waals surface area contributed by atoms with Gasteiger partial charge in [0.05, 0.1) is 11.5 Å². The fraction of sp³-hybridized carbons (Fsp3) is 0.917. The molecule has 1 heterocycles. The first-order valence-electron chi connectivity index (χ1n) is 6.55. The first kappa shape index (κ1) is 13.8. The summed E-state index contributed by atoms with van der Waals surface area (Å²) >= 11 is 0. The Kier molecular flexibility index (Phi) is 3.69. The van der Waals surface area contributed by atoms with Crippen LogP contribution in [0.1, 0.15) is 32.6 Å². The zero-order valence-electron chi connectivity index (χ0n) is 10.8. The molecule has 2 fully saturated rings. The van der Waals surface area contributed by atoms with E-state index in [1.165, 1.54) is 0 Å². The molecule has 0 aromatic heterocycles. The Bertz CT molecular complexity index is 419. The maximum atomic E-state index is 11.7. The minimum absolute atomic E-state index is 0.0937. The molecule has 5 nitrogen and oxygen atoms in total. The third kappa shape index (κ3) is 2.54. The molecule has 1 saturated carbocycles. The van der Waals surface area contributed by atoms with Crippen LogP contribution in [-0.4, -0.2) is 54.5 Å². The van der Waals surface area contributed by atoms with Gasteiger partial charge in [0.2, 0.25) is 0 Å². The number of nitrogens with zero attached hydrogens (tertiary/aromatic N) is 1. The smallest absolute Gasteiger partial charge is 0.324 e. The molecule has 1 aliphatic heterocycles. The molecular weight excluding hydrogens is 254 g/mol. The van der Waals surface area contributed by atoms with Crippen LogP contribution in [-0.2, 0) is 14.6 Å². The van der Waals surface area contributed by atoms with E-state index < -0.39 is 21.3 Å². The van der Waals surface area contributed by atoms with Crippen molar-refractivity contribution < 1.29 is 18.3 Å².